The molecule has 3 rings (SSSR count). The van der Waals surface area contributed by atoms with Crippen LogP contribution in [-0.4, -0.2) is 42.5 Å². The van der Waals surface area contributed by atoms with Crippen LogP contribution >= 0.6 is 0 Å². The van der Waals surface area contributed by atoms with Gasteiger partial charge < -0.3 is 9.64 Å². The van der Waals surface area contributed by atoms with Crippen LogP contribution in [0.3, 0.4) is 0 Å². The van der Waals surface area contributed by atoms with E-state index >= 15 is 0 Å². The number of fused-ring (bicyclic) bond motifs is 1. The molecule has 26 heavy (non-hydrogen) atoms. The van der Waals surface area contributed by atoms with E-state index in [0.717, 1.165) is 43.9 Å². The number of hydrogen-bond donors (Lipinski definition) is 0. The smallest absolute Gasteiger partial charge is 0.254 e. The average Bonchev–Trinajstić information content (AvgIpc) is 2.71. The molecule has 0 spiro atoms. The average molecular weight is 352 g/mol. The Hall–Kier alpha value is -2.33. The lowest BCUT2D eigenvalue weighted by Gasteiger charge is -2.29. The highest BCUT2D eigenvalue weighted by Gasteiger charge is 2.22. The third-order valence-corrected chi connectivity index (χ3v) is 5.21. The van der Waals surface area contributed by atoms with Gasteiger partial charge in [0.15, 0.2) is 0 Å². The molecule has 0 atom stereocenters. The van der Waals surface area contributed by atoms with Crippen molar-refractivity contribution >= 4 is 5.91 Å². The molecule has 0 aromatic heterocycles. The van der Waals surface area contributed by atoms with Gasteiger partial charge in [-0.3, -0.25) is 9.69 Å². The predicted molar refractivity (Wildman–Crippen MR) is 105 cm³/mol. The van der Waals surface area contributed by atoms with E-state index in [2.05, 4.69) is 36.9 Å². The van der Waals surface area contributed by atoms with E-state index in [-0.39, 0.29) is 5.91 Å². The Balaban J connectivity index is 1.69. The molecular formula is C22H28N2O2. The Morgan fingerprint density at radius 1 is 1.08 bits per heavy atom. The van der Waals surface area contributed by atoms with Crippen molar-refractivity contribution in [2.24, 2.45) is 0 Å². The number of carbonyl (C=O) groups is 1. The lowest BCUT2D eigenvalue weighted by atomic mass is 9.98. The molecule has 4 heteroatoms. The molecule has 0 radical (unpaired) electrons. The fourth-order valence-corrected chi connectivity index (χ4v) is 3.47. The molecule has 2 aromatic rings. The van der Waals surface area contributed by atoms with Crippen LogP contribution in [0, 0.1) is 0 Å². The number of carbonyl (C=O) groups excluding carboxylic acids is 1. The molecule has 0 saturated heterocycles. The molecule has 0 unspecified atom stereocenters. The Morgan fingerprint density at radius 2 is 1.81 bits per heavy atom. The zero-order chi connectivity index (χ0) is 18.5. The highest BCUT2D eigenvalue weighted by Crippen LogP contribution is 2.25. The van der Waals surface area contributed by atoms with E-state index in [1.807, 2.05) is 29.2 Å². The van der Waals surface area contributed by atoms with Gasteiger partial charge in [0.1, 0.15) is 5.75 Å². The minimum Gasteiger partial charge on any atom is -0.497 e. The third-order valence-electron chi connectivity index (χ3n) is 5.21. The highest BCUT2D eigenvalue weighted by atomic mass is 16.5. The first-order valence-electron chi connectivity index (χ1n) is 9.41. The molecule has 0 fully saturated rings. The Labute approximate surface area is 156 Å². The Morgan fingerprint density at radius 3 is 2.46 bits per heavy atom. The summed E-state index contributed by atoms with van der Waals surface area (Å²) in [7, 11) is 1.67. The fraction of sp³-hybridized carbons (Fsp3) is 0.409. The molecule has 1 amide bonds. The summed E-state index contributed by atoms with van der Waals surface area (Å²) in [5.41, 5.74) is 4.50. The summed E-state index contributed by atoms with van der Waals surface area (Å²) in [6.45, 7) is 8.75. The number of nitrogens with zero attached hydrogens (tertiary/aromatic N) is 2. The van der Waals surface area contributed by atoms with Crippen LogP contribution in [0.1, 0.15) is 40.9 Å². The van der Waals surface area contributed by atoms with E-state index in [4.69, 9.17) is 4.74 Å². The van der Waals surface area contributed by atoms with Gasteiger partial charge >= 0.3 is 0 Å². The van der Waals surface area contributed by atoms with Crippen molar-refractivity contribution in [2.75, 3.05) is 26.7 Å². The SMILES string of the molecule is CCN(CC)Cc1ccc(C(=O)N2CCc3ccc(OC)cc3C2)cc1. The van der Waals surface area contributed by atoms with E-state index in [0.29, 0.717) is 6.54 Å². The van der Waals surface area contributed by atoms with Gasteiger partial charge in [-0.05, 0) is 60.5 Å². The molecular weight excluding hydrogens is 324 g/mol. The van der Waals surface area contributed by atoms with Gasteiger partial charge in [0.25, 0.3) is 5.91 Å². The molecule has 0 N–H and O–H groups in total. The lowest BCUT2D eigenvalue weighted by Crippen LogP contribution is -2.36. The molecule has 0 bridgehead atoms. The molecule has 1 aliphatic rings. The lowest BCUT2D eigenvalue weighted by molar-refractivity contribution is 0.0734. The van der Waals surface area contributed by atoms with E-state index < -0.39 is 0 Å². The van der Waals surface area contributed by atoms with Crippen LogP contribution in [0.5, 0.6) is 5.75 Å². The van der Waals surface area contributed by atoms with Crippen molar-refractivity contribution in [1.29, 1.82) is 0 Å². The maximum Gasteiger partial charge on any atom is 0.254 e. The van der Waals surface area contributed by atoms with E-state index in [1.165, 1.54) is 16.7 Å². The third kappa shape index (κ3) is 4.07. The van der Waals surface area contributed by atoms with Gasteiger partial charge in [-0.25, -0.2) is 0 Å². The molecule has 2 aromatic carbocycles. The first-order valence-corrected chi connectivity index (χ1v) is 9.41. The van der Waals surface area contributed by atoms with Crippen molar-refractivity contribution in [2.45, 2.75) is 33.4 Å². The zero-order valence-corrected chi connectivity index (χ0v) is 16.0. The number of methoxy groups -OCH3 is 1. The van der Waals surface area contributed by atoms with Crippen LogP contribution in [0.15, 0.2) is 42.5 Å². The molecule has 1 aliphatic heterocycles. The molecule has 1 heterocycles. The minimum atomic E-state index is 0.104. The summed E-state index contributed by atoms with van der Waals surface area (Å²) in [4.78, 5) is 17.2. The normalized spacial score (nSPS) is 13.6. The van der Waals surface area contributed by atoms with E-state index in [1.54, 1.807) is 7.11 Å². The topological polar surface area (TPSA) is 32.8 Å². The van der Waals surface area contributed by atoms with Crippen LogP contribution in [0.25, 0.3) is 0 Å². The van der Waals surface area contributed by atoms with Crippen LogP contribution in [-0.2, 0) is 19.5 Å². The minimum absolute atomic E-state index is 0.104. The van der Waals surface area contributed by atoms with Crippen molar-refractivity contribution in [3.05, 3.63) is 64.7 Å². The summed E-state index contributed by atoms with van der Waals surface area (Å²) in [5, 5.41) is 0. The first kappa shape index (κ1) is 18.5. The monoisotopic (exact) mass is 352 g/mol. The molecule has 0 aliphatic carbocycles. The van der Waals surface area contributed by atoms with Crippen LogP contribution < -0.4 is 4.74 Å². The van der Waals surface area contributed by atoms with Crippen molar-refractivity contribution < 1.29 is 9.53 Å². The second kappa shape index (κ2) is 8.37. The zero-order valence-electron chi connectivity index (χ0n) is 16.0. The Bertz CT molecular complexity index is 751. The quantitative estimate of drug-likeness (QED) is 0.794. The summed E-state index contributed by atoms with van der Waals surface area (Å²) in [6.07, 6.45) is 0.894. The van der Waals surface area contributed by atoms with Crippen LogP contribution in [0.2, 0.25) is 0 Å². The molecule has 138 valence electrons. The number of rotatable bonds is 6. The highest BCUT2D eigenvalue weighted by molar-refractivity contribution is 5.94. The second-order valence-electron chi connectivity index (χ2n) is 6.77. The van der Waals surface area contributed by atoms with Gasteiger partial charge in [-0.1, -0.05) is 32.0 Å². The summed E-state index contributed by atoms with van der Waals surface area (Å²) in [5.74, 6) is 0.951. The number of benzene rings is 2. The summed E-state index contributed by atoms with van der Waals surface area (Å²) < 4.78 is 5.32. The maximum absolute atomic E-state index is 12.9. The largest absolute Gasteiger partial charge is 0.497 e. The van der Waals surface area contributed by atoms with Gasteiger partial charge in [0.05, 0.1) is 7.11 Å². The van der Waals surface area contributed by atoms with Crippen molar-refractivity contribution in [3.63, 3.8) is 0 Å². The number of amides is 1. The second-order valence-corrected chi connectivity index (χ2v) is 6.77. The molecule has 0 saturated carbocycles. The number of hydrogen-bond acceptors (Lipinski definition) is 3. The van der Waals surface area contributed by atoms with Crippen LogP contribution in [0.4, 0.5) is 0 Å². The number of ether oxygens (including phenoxy) is 1. The fourth-order valence-electron chi connectivity index (χ4n) is 3.47. The van der Waals surface area contributed by atoms with Gasteiger partial charge in [0, 0.05) is 25.2 Å². The van der Waals surface area contributed by atoms with Crippen molar-refractivity contribution in [1.82, 2.24) is 9.80 Å². The van der Waals surface area contributed by atoms with E-state index in [9.17, 15) is 4.79 Å². The van der Waals surface area contributed by atoms with Crippen molar-refractivity contribution in [3.8, 4) is 5.75 Å². The van der Waals surface area contributed by atoms with Gasteiger partial charge in [0.2, 0.25) is 0 Å². The van der Waals surface area contributed by atoms with Gasteiger partial charge in [-0.15, -0.1) is 0 Å². The molecule has 4 nitrogen and oxygen atoms in total. The maximum atomic E-state index is 12.9. The van der Waals surface area contributed by atoms with Gasteiger partial charge in [-0.2, -0.15) is 0 Å². The summed E-state index contributed by atoms with van der Waals surface area (Å²) in [6, 6.07) is 14.2. The summed E-state index contributed by atoms with van der Waals surface area (Å²) >= 11 is 0. The first-order chi connectivity index (χ1) is 12.6. The Kier molecular flexibility index (Phi) is 5.94. The predicted octanol–water partition coefficient (Wildman–Crippen LogP) is 3.74. The standard InChI is InChI=1S/C22H28N2O2/c1-4-23(5-2)15-17-6-8-19(9-7-17)22(25)24-13-12-18-10-11-21(26-3)14-20(18)16-24/h6-11,14H,4-5,12-13,15-16H2,1-3H3.